The first-order chi connectivity index (χ1) is 20.5. The summed E-state index contributed by atoms with van der Waals surface area (Å²) in [5, 5.41) is 17.1. The number of nitrogens with one attached hydrogen (secondary N) is 1. The lowest BCUT2D eigenvalue weighted by molar-refractivity contribution is -0.137. The number of fused-ring (bicyclic) bond motifs is 1. The number of aromatic nitrogens is 2. The Labute approximate surface area is 247 Å². The number of anilines is 1. The molecule has 0 radical (unpaired) electrons. The smallest absolute Gasteiger partial charge is 0.339 e. The number of aryl methyl sites for hydroxylation is 1. The van der Waals surface area contributed by atoms with Gasteiger partial charge in [0, 0.05) is 30.6 Å². The Hall–Kier alpha value is -5.11. The first kappa shape index (κ1) is 29.4. The molecule has 3 aromatic carbocycles. The van der Waals surface area contributed by atoms with Crippen LogP contribution in [0.5, 0.6) is 0 Å². The number of hydrogen-bond donors (Lipinski definition) is 1. The van der Waals surface area contributed by atoms with Crippen LogP contribution in [0.15, 0.2) is 78.9 Å². The highest BCUT2D eigenvalue weighted by Gasteiger charge is 2.46. The summed E-state index contributed by atoms with van der Waals surface area (Å²) in [4.78, 5) is 30.8. The number of para-hydroxylation sites is 1. The van der Waals surface area contributed by atoms with Crippen molar-refractivity contribution >= 4 is 17.6 Å². The summed E-state index contributed by atoms with van der Waals surface area (Å²) in [6.45, 7) is 4.13. The van der Waals surface area contributed by atoms with Crippen LogP contribution in [0.25, 0.3) is 5.69 Å². The molecule has 2 atom stereocenters. The van der Waals surface area contributed by atoms with Crippen LogP contribution in [0.2, 0.25) is 0 Å². The molecule has 11 heteroatoms. The van der Waals surface area contributed by atoms with Crippen LogP contribution in [0.4, 0.5) is 19.0 Å². The quantitative estimate of drug-likeness (QED) is 0.231. The largest absolute Gasteiger partial charge is 0.416 e. The number of carbonyl (C=O) groups is 2. The third kappa shape index (κ3) is 5.56. The Morgan fingerprint density at radius 1 is 1.07 bits per heavy atom. The molecule has 2 amide bonds. The van der Waals surface area contributed by atoms with Crippen LogP contribution in [0, 0.1) is 18.4 Å². The molecule has 0 spiro atoms. The van der Waals surface area contributed by atoms with Crippen molar-refractivity contribution in [2.24, 2.45) is 0 Å². The molecule has 0 bridgehead atoms. The molecule has 1 aliphatic rings. The van der Waals surface area contributed by atoms with E-state index in [2.05, 4.69) is 11.5 Å². The van der Waals surface area contributed by atoms with Gasteiger partial charge >= 0.3 is 6.18 Å². The number of carbonyl (C=O) groups excluding carboxylic acids is 2. The maximum absolute atomic E-state index is 14.3. The molecular formula is C32H29F3N6O2. The molecule has 43 heavy (non-hydrogen) atoms. The number of benzene rings is 3. The Morgan fingerprint density at radius 2 is 1.77 bits per heavy atom. The van der Waals surface area contributed by atoms with Crippen molar-refractivity contribution in [2.45, 2.75) is 38.5 Å². The predicted octanol–water partition coefficient (Wildman–Crippen LogP) is 5.41. The number of hydrogen-bond acceptors (Lipinski definition) is 5. The van der Waals surface area contributed by atoms with E-state index in [0.717, 1.165) is 29.4 Å². The van der Waals surface area contributed by atoms with E-state index in [9.17, 15) is 28.0 Å². The standard InChI is InChI=1S/C32H29F3N6O2/c1-4-40-30-26(20(2)38-41(30)24-14-6-5-7-15-24)27(25-16-9-8-11-22(25)18-39(3)19-36)28(31(40)43)37-29(42)21-12-10-13-23(17-21)32(33,34)35/h5-17,27-28H,4,18H2,1-3H3,(H,37,42)/t27-,28+/m1/s1. The summed E-state index contributed by atoms with van der Waals surface area (Å²) in [5.41, 5.74) is 2.33. The van der Waals surface area contributed by atoms with E-state index in [4.69, 9.17) is 5.10 Å². The van der Waals surface area contributed by atoms with Gasteiger partial charge in [0.25, 0.3) is 11.8 Å². The molecule has 0 saturated carbocycles. The summed E-state index contributed by atoms with van der Waals surface area (Å²) in [6.07, 6.45) is -2.55. The topological polar surface area (TPSA) is 94.3 Å². The second kappa shape index (κ2) is 11.6. The fourth-order valence-electron chi connectivity index (χ4n) is 5.60. The van der Waals surface area contributed by atoms with Crippen molar-refractivity contribution in [2.75, 3.05) is 18.5 Å². The molecule has 1 aromatic heterocycles. The molecule has 1 aliphatic heterocycles. The van der Waals surface area contributed by atoms with Gasteiger partial charge in [-0.3, -0.25) is 14.5 Å². The monoisotopic (exact) mass is 586 g/mol. The molecule has 0 fully saturated rings. The van der Waals surface area contributed by atoms with Crippen LogP contribution < -0.4 is 10.2 Å². The minimum Gasteiger partial charge on any atom is -0.339 e. The van der Waals surface area contributed by atoms with Gasteiger partial charge in [-0.1, -0.05) is 48.5 Å². The van der Waals surface area contributed by atoms with Crippen LogP contribution in [-0.4, -0.2) is 46.1 Å². The van der Waals surface area contributed by atoms with Gasteiger partial charge in [-0.05, 0) is 55.3 Å². The van der Waals surface area contributed by atoms with E-state index >= 15 is 0 Å². The van der Waals surface area contributed by atoms with Gasteiger partial charge in [0.1, 0.15) is 11.9 Å². The molecule has 2 heterocycles. The second-order valence-corrected chi connectivity index (χ2v) is 10.3. The molecule has 0 aliphatic carbocycles. The Kier molecular flexibility index (Phi) is 7.96. The summed E-state index contributed by atoms with van der Waals surface area (Å²) in [7, 11) is 1.64. The van der Waals surface area contributed by atoms with Gasteiger partial charge in [0.2, 0.25) is 0 Å². The normalized spacial score (nSPS) is 16.4. The number of halogens is 3. The van der Waals surface area contributed by atoms with Crippen molar-refractivity contribution in [1.82, 2.24) is 20.0 Å². The number of alkyl halides is 3. The average Bonchev–Trinajstić information content (AvgIpc) is 3.34. The fourth-order valence-corrected chi connectivity index (χ4v) is 5.60. The van der Waals surface area contributed by atoms with E-state index in [1.807, 2.05) is 61.5 Å². The molecule has 4 aromatic rings. The summed E-state index contributed by atoms with van der Waals surface area (Å²) >= 11 is 0. The lowest BCUT2D eigenvalue weighted by Gasteiger charge is -2.39. The fraction of sp³-hybridized carbons (Fsp3) is 0.250. The van der Waals surface area contributed by atoms with Gasteiger partial charge < -0.3 is 10.2 Å². The highest BCUT2D eigenvalue weighted by molar-refractivity contribution is 6.05. The molecule has 5 rings (SSSR count). The maximum atomic E-state index is 14.3. The van der Waals surface area contributed by atoms with E-state index in [1.165, 1.54) is 11.0 Å². The molecular weight excluding hydrogens is 557 g/mol. The van der Waals surface area contributed by atoms with E-state index in [1.54, 1.807) is 23.6 Å². The van der Waals surface area contributed by atoms with Gasteiger partial charge in [0.15, 0.2) is 6.19 Å². The molecule has 1 N–H and O–H groups in total. The van der Waals surface area contributed by atoms with Gasteiger partial charge in [0.05, 0.1) is 23.5 Å². The number of nitrogens with zero attached hydrogens (tertiary/aromatic N) is 5. The van der Waals surface area contributed by atoms with Gasteiger partial charge in [-0.2, -0.15) is 23.5 Å². The van der Waals surface area contributed by atoms with E-state index in [0.29, 0.717) is 22.6 Å². The van der Waals surface area contributed by atoms with E-state index in [-0.39, 0.29) is 18.7 Å². The first-order valence-corrected chi connectivity index (χ1v) is 13.7. The van der Waals surface area contributed by atoms with E-state index < -0.39 is 35.5 Å². The predicted molar refractivity (Wildman–Crippen MR) is 154 cm³/mol. The molecule has 8 nitrogen and oxygen atoms in total. The lowest BCUT2D eigenvalue weighted by atomic mass is 9.79. The number of amides is 2. The van der Waals surface area contributed by atoms with Crippen molar-refractivity contribution in [3.63, 3.8) is 0 Å². The Balaban J connectivity index is 1.70. The van der Waals surface area contributed by atoms with Crippen molar-refractivity contribution in [3.8, 4) is 11.9 Å². The average molecular weight is 587 g/mol. The lowest BCUT2D eigenvalue weighted by Crippen LogP contribution is -2.55. The molecule has 0 saturated heterocycles. The highest BCUT2D eigenvalue weighted by Crippen LogP contribution is 2.44. The summed E-state index contributed by atoms with van der Waals surface area (Å²) in [6, 6.07) is 19.6. The number of nitriles is 1. The third-order valence-electron chi connectivity index (χ3n) is 7.54. The first-order valence-electron chi connectivity index (χ1n) is 13.7. The zero-order valence-electron chi connectivity index (χ0n) is 23.8. The molecule has 0 unspecified atom stereocenters. The summed E-state index contributed by atoms with van der Waals surface area (Å²) < 4.78 is 42.0. The van der Waals surface area contributed by atoms with Crippen molar-refractivity contribution in [3.05, 3.63) is 112 Å². The number of rotatable bonds is 7. The van der Waals surface area contributed by atoms with Gasteiger partial charge in [-0.25, -0.2) is 4.68 Å². The Bertz CT molecular complexity index is 1710. The Morgan fingerprint density at radius 3 is 2.44 bits per heavy atom. The van der Waals surface area contributed by atoms with Crippen LogP contribution in [0.3, 0.4) is 0 Å². The highest BCUT2D eigenvalue weighted by atomic mass is 19.4. The minimum absolute atomic E-state index is 0.218. The van der Waals surface area contributed by atoms with Crippen LogP contribution >= 0.6 is 0 Å². The zero-order chi connectivity index (χ0) is 30.9. The summed E-state index contributed by atoms with van der Waals surface area (Å²) in [5.74, 6) is -1.44. The van der Waals surface area contributed by atoms with Gasteiger partial charge in [-0.15, -0.1) is 0 Å². The van der Waals surface area contributed by atoms with Crippen molar-refractivity contribution < 1.29 is 22.8 Å². The maximum Gasteiger partial charge on any atom is 0.416 e. The minimum atomic E-state index is -4.64. The van der Waals surface area contributed by atoms with Crippen LogP contribution in [-0.2, 0) is 17.5 Å². The number of likely N-dealkylation sites (N-methyl/N-ethyl adjacent to an activating group) is 1. The van der Waals surface area contributed by atoms with Crippen molar-refractivity contribution in [1.29, 1.82) is 5.26 Å². The molecule has 220 valence electrons. The second-order valence-electron chi connectivity index (χ2n) is 10.3. The zero-order valence-corrected chi connectivity index (χ0v) is 23.8. The SMILES string of the molecule is CCN1C(=O)[C@@H](NC(=O)c2cccc(C(F)(F)F)c2)[C@H](c2ccccc2CN(C)C#N)c2c(C)nn(-c3ccccc3)c21. The van der Waals surface area contributed by atoms with Crippen LogP contribution in [0.1, 0.15) is 51.1 Å². The third-order valence-corrected chi connectivity index (χ3v) is 7.54.